The number of aliphatic hydroxyl groups is 1. The summed E-state index contributed by atoms with van der Waals surface area (Å²) in [5.41, 5.74) is 2.10. The zero-order valence-electron chi connectivity index (χ0n) is 13.0. The van der Waals surface area contributed by atoms with E-state index in [1.807, 2.05) is 22.6 Å². The summed E-state index contributed by atoms with van der Waals surface area (Å²) in [5.74, 6) is -1.13. The van der Waals surface area contributed by atoms with Crippen LogP contribution in [0.5, 0.6) is 0 Å². The third-order valence-electron chi connectivity index (χ3n) is 3.27. The van der Waals surface area contributed by atoms with Crippen LogP contribution >= 0.6 is 33.9 Å². The van der Waals surface area contributed by atoms with Crippen molar-refractivity contribution in [3.05, 3.63) is 49.0 Å². The predicted octanol–water partition coefficient (Wildman–Crippen LogP) is 2.13. The van der Waals surface area contributed by atoms with Crippen LogP contribution in [0.15, 0.2) is 29.2 Å². The molecule has 4 N–H and O–H groups in total. The number of fused-ring (bicyclic) bond motifs is 1. The van der Waals surface area contributed by atoms with Crippen molar-refractivity contribution in [2.24, 2.45) is 0 Å². The van der Waals surface area contributed by atoms with Gasteiger partial charge in [0.05, 0.1) is 30.8 Å². The summed E-state index contributed by atoms with van der Waals surface area (Å²) in [5, 5.41) is 18.0. The quantitative estimate of drug-likeness (QED) is 0.239. The molecule has 1 amide bonds. The van der Waals surface area contributed by atoms with Crippen LogP contribution in [0.1, 0.15) is 9.67 Å². The predicted molar refractivity (Wildman–Crippen MR) is 103 cm³/mol. The highest BCUT2D eigenvalue weighted by Gasteiger charge is 2.21. The topological polar surface area (TPSA) is 116 Å². The van der Waals surface area contributed by atoms with Crippen molar-refractivity contribution in [3.8, 4) is 0 Å². The first kappa shape index (κ1) is 18.7. The lowest BCUT2D eigenvalue weighted by Crippen LogP contribution is -2.25. The van der Waals surface area contributed by atoms with E-state index in [0.29, 0.717) is 8.96 Å². The fraction of sp³-hybridized carbons (Fsp3) is 0.133. The number of amides is 1. The normalized spacial score (nSPS) is 10.9. The van der Waals surface area contributed by atoms with Gasteiger partial charge in [0.25, 0.3) is 11.5 Å². The molecule has 0 spiro atoms. The third kappa shape index (κ3) is 3.85. The number of nitrogens with zero attached hydrogens (tertiary/aromatic N) is 1. The molecule has 2 heterocycles. The second kappa shape index (κ2) is 8.07. The molecule has 11 heteroatoms. The van der Waals surface area contributed by atoms with Crippen LogP contribution in [0.4, 0.5) is 15.8 Å². The first-order valence-electron chi connectivity index (χ1n) is 7.26. The van der Waals surface area contributed by atoms with E-state index in [0.717, 1.165) is 11.3 Å². The van der Waals surface area contributed by atoms with E-state index in [-0.39, 0.29) is 34.2 Å². The van der Waals surface area contributed by atoms with Gasteiger partial charge in [-0.25, -0.2) is 15.0 Å². The van der Waals surface area contributed by atoms with E-state index in [9.17, 15) is 14.0 Å². The number of nitrogens with one attached hydrogen (secondary N) is 3. The van der Waals surface area contributed by atoms with Crippen LogP contribution in [-0.4, -0.2) is 34.4 Å². The first-order valence-corrected chi connectivity index (χ1v) is 9.16. The number of aromatic amines is 1. The Morgan fingerprint density at radius 1 is 1.46 bits per heavy atom. The Morgan fingerprint density at radius 3 is 3.00 bits per heavy atom. The summed E-state index contributed by atoms with van der Waals surface area (Å²) < 4.78 is 15.2. The number of H-pyrrole nitrogens is 1. The summed E-state index contributed by atoms with van der Waals surface area (Å²) >= 11 is 2.90. The number of halogens is 2. The summed E-state index contributed by atoms with van der Waals surface area (Å²) in [6.07, 6.45) is 1.38. The Labute approximate surface area is 163 Å². The molecule has 2 aromatic heterocycles. The first-order chi connectivity index (χ1) is 12.5. The van der Waals surface area contributed by atoms with Crippen molar-refractivity contribution >= 4 is 61.3 Å². The molecule has 0 saturated heterocycles. The zero-order valence-corrected chi connectivity index (χ0v) is 16.0. The van der Waals surface area contributed by atoms with Crippen molar-refractivity contribution in [2.75, 3.05) is 18.5 Å². The number of rotatable bonds is 6. The van der Waals surface area contributed by atoms with E-state index < -0.39 is 17.3 Å². The molecule has 0 atom stereocenters. The number of carbonyl (C=O) groups is 1. The molecule has 0 aliphatic heterocycles. The lowest BCUT2D eigenvalue weighted by molar-refractivity contribution is 0.0172. The number of aliphatic hydroxyl groups excluding tert-OH is 1. The highest BCUT2D eigenvalue weighted by atomic mass is 127. The Bertz CT molecular complexity index is 1020. The van der Waals surface area contributed by atoms with Gasteiger partial charge in [-0.1, -0.05) is 0 Å². The smallest absolute Gasteiger partial charge is 0.287 e. The Hall–Kier alpha value is -2.09. The molecular formula is C15H12FIN4O4S. The second-order valence-electron chi connectivity index (χ2n) is 5.00. The highest BCUT2D eigenvalue weighted by molar-refractivity contribution is 14.1. The number of anilines is 2. The van der Waals surface area contributed by atoms with Gasteiger partial charge in [0.1, 0.15) is 15.4 Å². The minimum atomic E-state index is -0.632. The van der Waals surface area contributed by atoms with Crippen LogP contribution in [-0.2, 0) is 4.84 Å². The number of hydroxylamine groups is 1. The molecule has 3 aromatic rings. The van der Waals surface area contributed by atoms with Crippen molar-refractivity contribution in [1.82, 2.24) is 15.7 Å². The van der Waals surface area contributed by atoms with E-state index in [2.05, 4.69) is 21.0 Å². The number of hydrogen-bond acceptors (Lipinski definition) is 7. The molecule has 8 nitrogen and oxygen atoms in total. The van der Waals surface area contributed by atoms with Crippen LogP contribution in [0.3, 0.4) is 0 Å². The van der Waals surface area contributed by atoms with Gasteiger partial charge in [-0.15, -0.1) is 11.3 Å². The van der Waals surface area contributed by atoms with Crippen molar-refractivity contribution in [1.29, 1.82) is 0 Å². The Morgan fingerprint density at radius 2 is 2.27 bits per heavy atom. The van der Waals surface area contributed by atoms with E-state index >= 15 is 0 Å². The van der Waals surface area contributed by atoms with Crippen molar-refractivity contribution < 1.29 is 19.1 Å². The fourth-order valence-electron chi connectivity index (χ4n) is 2.16. The van der Waals surface area contributed by atoms with E-state index in [1.54, 1.807) is 6.07 Å². The van der Waals surface area contributed by atoms with Gasteiger partial charge in [0.2, 0.25) is 0 Å². The summed E-state index contributed by atoms with van der Waals surface area (Å²) in [6.45, 7) is -0.359. The van der Waals surface area contributed by atoms with E-state index in [1.165, 1.54) is 18.3 Å². The molecule has 0 aliphatic carbocycles. The lowest BCUT2D eigenvalue weighted by Gasteiger charge is -2.10. The molecule has 0 saturated carbocycles. The molecule has 0 fully saturated rings. The maximum atomic E-state index is 14.2. The van der Waals surface area contributed by atoms with Crippen LogP contribution in [0, 0.1) is 9.39 Å². The molecule has 0 radical (unpaired) electrons. The lowest BCUT2D eigenvalue weighted by atomic mass is 10.2. The zero-order chi connectivity index (χ0) is 18.7. The molecule has 0 bridgehead atoms. The van der Waals surface area contributed by atoms with Gasteiger partial charge in [-0.3, -0.25) is 14.4 Å². The SMILES string of the molecule is O=C(NOCCO)c1sc2c(=O)[nH]ncc2c1Nc1ccc(I)cc1F. The average Bonchev–Trinajstić information content (AvgIpc) is 2.98. The monoisotopic (exact) mass is 490 g/mol. The minimum Gasteiger partial charge on any atom is -0.394 e. The second-order valence-corrected chi connectivity index (χ2v) is 7.27. The van der Waals surface area contributed by atoms with Crippen LogP contribution in [0.25, 0.3) is 10.1 Å². The highest BCUT2D eigenvalue weighted by Crippen LogP contribution is 2.36. The van der Waals surface area contributed by atoms with Gasteiger partial charge in [0, 0.05) is 8.96 Å². The molecule has 136 valence electrons. The Balaban J connectivity index is 2.06. The van der Waals surface area contributed by atoms with Crippen molar-refractivity contribution in [3.63, 3.8) is 0 Å². The van der Waals surface area contributed by atoms with Gasteiger partial charge in [0.15, 0.2) is 0 Å². The number of carbonyl (C=O) groups excluding carboxylic acids is 1. The maximum Gasteiger partial charge on any atom is 0.287 e. The summed E-state index contributed by atoms with van der Waals surface area (Å²) in [6, 6.07) is 4.58. The van der Waals surface area contributed by atoms with Crippen molar-refractivity contribution in [2.45, 2.75) is 0 Å². The third-order valence-corrected chi connectivity index (χ3v) is 5.14. The fourth-order valence-corrected chi connectivity index (χ4v) is 3.62. The largest absolute Gasteiger partial charge is 0.394 e. The van der Waals surface area contributed by atoms with Gasteiger partial charge < -0.3 is 10.4 Å². The van der Waals surface area contributed by atoms with Crippen LogP contribution in [0.2, 0.25) is 0 Å². The maximum absolute atomic E-state index is 14.2. The minimum absolute atomic E-state index is 0.0900. The molecular weight excluding hydrogens is 478 g/mol. The van der Waals surface area contributed by atoms with Crippen LogP contribution < -0.4 is 16.4 Å². The molecule has 26 heavy (non-hydrogen) atoms. The number of hydrogen-bond donors (Lipinski definition) is 4. The molecule has 0 unspecified atom stereocenters. The standard InChI is InChI=1S/C15H12FIN4O4S/c16-9-5-7(17)1-2-10(9)19-11-8-6-18-20-14(23)12(8)26-13(11)15(24)21-25-4-3-22/h1-2,5-6,19,22H,3-4H2,(H,20,23)(H,21,24). The molecule has 1 aromatic carbocycles. The number of aromatic nitrogens is 2. The Kier molecular flexibility index (Phi) is 5.80. The average molecular weight is 490 g/mol. The van der Waals surface area contributed by atoms with Gasteiger partial charge in [-0.05, 0) is 40.8 Å². The number of thiophene rings is 1. The van der Waals surface area contributed by atoms with E-state index in [4.69, 9.17) is 9.94 Å². The van der Waals surface area contributed by atoms with Gasteiger partial charge >= 0.3 is 0 Å². The molecule has 3 rings (SSSR count). The number of benzene rings is 1. The summed E-state index contributed by atoms with van der Waals surface area (Å²) in [7, 11) is 0. The molecule has 0 aliphatic rings. The summed E-state index contributed by atoms with van der Waals surface area (Å²) in [4.78, 5) is 29.3. The van der Waals surface area contributed by atoms with Gasteiger partial charge in [-0.2, -0.15) is 5.10 Å².